The Morgan fingerprint density at radius 3 is 2.23 bits per heavy atom. The first kappa shape index (κ1) is 26.8. The molecule has 0 amide bonds. The highest BCUT2D eigenvalue weighted by atomic mass is 35.5. The average molecular weight is 482 g/mol. The van der Waals surface area contributed by atoms with Crippen LogP contribution in [0.25, 0.3) is 0 Å². The van der Waals surface area contributed by atoms with Crippen LogP contribution in [0, 0.1) is 10.1 Å². The summed E-state index contributed by atoms with van der Waals surface area (Å²) in [5.41, 5.74) is -0.00204. The third-order valence-electron chi connectivity index (χ3n) is 4.85. The lowest BCUT2D eigenvalue weighted by atomic mass is 10.1. The molecule has 2 aromatic rings. The predicted molar refractivity (Wildman–Crippen MR) is 118 cm³/mol. The molecule has 1 heterocycles. The molecule has 0 aromatic heterocycles. The van der Waals surface area contributed by atoms with Gasteiger partial charge in [-0.05, 0) is 36.8 Å². The zero-order chi connectivity index (χ0) is 20.9. The Bertz CT molecular complexity index is 830. The minimum atomic E-state index is -4.33. The van der Waals surface area contributed by atoms with Gasteiger partial charge < -0.3 is 9.64 Å². The lowest BCUT2D eigenvalue weighted by molar-refractivity contribution is -0.384. The van der Waals surface area contributed by atoms with Gasteiger partial charge >= 0.3 is 6.18 Å². The highest BCUT2D eigenvalue weighted by Gasteiger charge is 2.31. The molecule has 172 valence electrons. The summed E-state index contributed by atoms with van der Waals surface area (Å²) in [5, 5.41) is 10.6. The van der Waals surface area contributed by atoms with E-state index in [0.717, 1.165) is 32.1 Å². The maximum atomic E-state index is 12.9. The topological polar surface area (TPSA) is 58.9 Å². The van der Waals surface area contributed by atoms with Crippen molar-refractivity contribution in [3.8, 4) is 5.75 Å². The van der Waals surface area contributed by atoms with Crippen LogP contribution in [0.4, 0.5) is 24.5 Å². The van der Waals surface area contributed by atoms with Crippen LogP contribution in [0.2, 0.25) is 0 Å². The molecule has 31 heavy (non-hydrogen) atoms. The summed E-state index contributed by atoms with van der Waals surface area (Å²) in [6.45, 7) is 4.20. The van der Waals surface area contributed by atoms with Crippen molar-refractivity contribution < 1.29 is 22.8 Å². The average Bonchev–Trinajstić information content (AvgIpc) is 2.71. The van der Waals surface area contributed by atoms with Gasteiger partial charge in [0.15, 0.2) is 0 Å². The number of alkyl halides is 3. The van der Waals surface area contributed by atoms with Crippen molar-refractivity contribution in [2.24, 2.45) is 0 Å². The normalized spacial score (nSPS) is 14.4. The molecule has 0 atom stereocenters. The quantitative estimate of drug-likeness (QED) is 0.314. The summed E-state index contributed by atoms with van der Waals surface area (Å²) in [6.07, 6.45) is -3.54. The van der Waals surface area contributed by atoms with E-state index in [-0.39, 0.29) is 30.5 Å². The molecule has 0 unspecified atom stereocenters. The Labute approximate surface area is 190 Å². The summed E-state index contributed by atoms with van der Waals surface area (Å²) >= 11 is 0. The molecular formula is C20H24Cl2F3N3O3. The maximum Gasteiger partial charge on any atom is 0.416 e. The van der Waals surface area contributed by atoms with E-state index in [2.05, 4.69) is 4.90 Å². The third-order valence-corrected chi connectivity index (χ3v) is 4.85. The highest BCUT2D eigenvalue weighted by molar-refractivity contribution is 5.85. The summed E-state index contributed by atoms with van der Waals surface area (Å²) in [5.74, 6) is 0.588. The number of rotatable bonds is 7. The number of piperazine rings is 1. The molecule has 0 N–H and O–H groups in total. The number of hydrogen-bond acceptors (Lipinski definition) is 5. The van der Waals surface area contributed by atoms with E-state index in [9.17, 15) is 23.3 Å². The Hall–Kier alpha value is -2.23. The molecule has 3 rings (SSSR count). The smallest absolute Gasteiger partial charge is 0.416 e. The van der Waals surface area contributed by atoms with E-state index in [0.29, 0.717) is 31.1 Å². The first-order chi connectivity index (χ1) is 13.8. The van der Waals surface area contributed by atoms with Crippen LogP contribution in [-0.2, 0) is 6.18 Å². The lowest BCUT2D eigenvalue weighted by Crippen LogP contribution is -2.46. The van der Waals surface area contributed by atoms with Gasteiger partial charge in [-0.3, -0.25) is 15.0 Å². The molecule has 0 saturated carbocycles. The number of nitrogens with zero attached hydrogens (tertiary/aromatic N) is 3. The van der Waals surface area contributed by atoms with Gasteiger partial charge in [0.1, 0.15) is 5.75 Å². The molecule has 0 spiro atoms. The molecule has 2 aromatic carbocycles. The second-order valence-electron chi connectivity index (χ2n) is 6.83. The Balaban J connectivity index is 0.00000240. The number of hydrogen-bond donors (Lipinski definition) is 0. The van der Waals surface area contributed by atoms with Gasteiger partial charge in [-0.15, -0.1) is 24.8 Å². The largest absolute Gasteiger partial charge is 0.494 e. The molecule has 1 aliphatic heterocycles. The first-order valence-corrected chi connectivity index (χ1v) is 9.35. The molecular weight excluding hydrogens is 458 g/mol. The number of benzene rings is 2. The van der Waals surface area contributed by atoms with Crippen LogP contribution in [0.15, 0.2) is 48.5 Å². The van der Waals surface area contributed by atoms with Gasteiger partial charge in [-0.1, -0.05) is 6.07 Å². The molecule has 6 nitrogen and oxygen atoms in total. The van der Waals surface area contributed by atoms with Gasteiger partial charge in [-0.2, -0.15) is 13.2 Å². The standard InChI is InChI=1S/C20H22F3N3O3.2ClH/c21-20(22,23)16-3-1-4-18(15-16)25-12-10-24(11-13-25)9-2-14-29-19-7-5-17(6-8-19)26(27)28;;/h1,3-8,15H,2,9-14H2;2*1H. The van der Waals surface area contributed by atoms with Crippen LogP contribution in [-0.4, -0.2) is 49.2 Å². The zero-order valence-electron chi connectivity index (χ0n) is 16.6. The monoisotopic (exact) mass is 481 g/mol. The summed E-state index contributed by atoms with van der Waals surface area (Å²) in [4.78, 5) is 14.4. The number of nitro benzene ring substituents is 1. The van der Waals surface area contributed by atoms with Gasteiger partial charge in [-0.25, -0.2) is 0 Å². The fourth-order valence-corrected chi connectivity index (χ4v) is 3.25. The number of halogens is 5. The van der Waals surface area contributed by atoms with Crippen molar-refractivity contribution in [1.82, 2.24) is 4.90 Å². The van der Waals surface area contributed by atoms with E-state index < -0.39 is 16.7 Å². The van der Waals surface area contributed by atoms with Gasteiger partial charge in [0.25, 0.3) is 5.69 Å². The van der Waals surface area contributed by atoms with E-state index in [4.69, 9.17) is 4.74 Å². The Kier molecular flexibility index (Phi) is 10.4. The maximum absolute atomic E-state index is 12.9. The van der Waals surface area contributed by atoms with Crippen LogP contribution in [0.3, 0.4) is 0 Å². The number of anilines is 1. The molecule has 0 radical (unpaired) electrons. The van der Waals surface area contributed by atoms with Crippen molar-refractivity contribution in [1.29, 1.82) is 0 Å². The van der Waals surface area contributed by atoms with Crippen LogP contribution in [0.1, 0.15) is 12.0 Å². The third kappa shape index (κ3) is 7.75. The molecule has 1 saturated heterocycles. The summed E-state index contributed by atoms with van der Waals surface area (Å²) < 4.78 is 44.2. The SMILES string of the molecule is Cl.Cl.O=[N+]([O-])c1ccc(OCCCN2CCN(c3cccc(C(F)(F)F)c3)CC2)cc1. The molecule has 0 aliphatic carbocycles. The van der Waals surface area contributed by atoms with Gasteiger partial charge in [0.05, 0.1) is 17.1 Å². The van der Waals surface area contributed by atoms with Crippen molar-refractivity contribution in [2.45, 2.75) is 12.6 Å². The lowest BCUT2D eigenvalue weighted by Gasteiger charge is -2.36. The van der Waals surface area contributed by atoms with Crippen molar-refractivity contribution >= 4 is 36.2 Å². The fourth-order valence-electron chi connectivity index (χ4n) is 3.25. The molecule has 11 heteroatoms. The van der Waals surface area contributed by atoms with Gasteiger partial charge in [0, 0.05) is 50.5 Å². The molecule has 1 fully saturated rings. The van der Waals surface area contributed by atoms with Crippen molar-refractivity contribution in [3.63, 3.8) is 0 Å². The van der Waals surface area contributed by atoms with E-state index in [1.165, 1.54) is 24.3 Å². The number of ether oxygens (including phenoxy) is 1. The van der Waals surface area contributed by atoms with E-state index in [1.54, 1.807) is 18.2 Å². The second-order valence-corrected chi connectivity index (χ2v) is 6.83. The summed E-state index contributed by atoms with van der Waals surface area (Å²) in [7, 11) is 0. The minimum Gasteiger partial charge on any atom is -0.494 e. The second kappa shape index (κ2) is 12.0. The fraction of sp³-hybridized carbons (Fsp3) is 0.400. The Morgan fingerprint density at radius 1 is 1.00 bits per heavy atom. The van der Waals surface area contributed by atoms with Crippen molar-refractivity contribution in [2.75, 3.05) is 44.2 Å². The van der Waals surface area contributed by atoms with Crippen LogP contribution >= 0.6 is 24.8 Å². The zero-order valence-corrected chi connectivity index (χ0v) is 18.2. The van der Waals surface area contributed by atoms with Crippen molar-refractivity contribution in [3.05, 3.63) is 64.2 Å². The van der Waals surface area contributed by atoms with E-state index in [1.807, 2.05) is 4.90 Å². The number of nitro groups is 1. The first-order valence-electron chi connectivity index (χ1n) is 9.35. The molecule has 1 aliphatic rings. The minimum absolute atomic E-state index is 0. The summed E-state index contributed by atoms with van der Waals surface area (Å²) in [6, 6.07) is 11.4. The Morgan fingerprint density at radius 2 is 1.65 bits per heavy atom. The van der Waals surface area contributed by atoms with E-state index >= 15 is 0 Å². The predicted octanol–water partition coefficient (Wildman–Crippen LogP) is 5.05. The van der Waals surface area contributed by atoms with Crippen LogP contribution < -0.4 is 9.64 Å². The molecule has 0 bridgehead atoms. The highest BCUT2D eigenvalue weighted by Crippen LogP contribution is 2.31. The van der Waals surface area contributed by atoms with Gasteiger partial charge in [0.2, 0.25) is 0 Å². The van der Waals surface area contributed by atoms with Crippen LogP contribution in [0.5, 0.6) is 5.75 Å². The number of non-ortho nitro benzene ring substituents is 1.